The molecule has 1 saturated carbocycles. The van der Waals surface area contributed by atoms with Gasteiger partial charge in [-0.25, -0.2) is 0 Å². The van der Waals surface area contributed by atoms with Gasteiger partial charge >= 0.3 is 0 Å². The van der Waals surface area contributed by atoms with Crippen LogP contribution in [0.1, 0.15) is 93.0 Å². The Morgan fingerprint density at radius 3 is 2.48 bits per heavy atom. The molecule has 3 nitrogen and oxygen atoms in total. The highest BCUT2D eigenvalue weighted by Crippen LogP contribution is 2.64. The Labute approximate surface area is 138 Å². The van der Waals surface area contributed by atoms with E-state index >= 15 is 0 Å². The second kappa shape index (κ2) is 5.07. The summed E-state index contributed by atoms with van der Waals surface area (Å²) in [5, 5.41) is 21.9. The first-order chi connectivity index (χ1) is 10.6. The summed E-state index contributed by atoms with van der Waals surface area (Å²) in [5.74, 6) is 0.333. The van der Waals surface area contributed by atoms with Crippen molar-refractivity contribution >= 4 is 6.29 Å². The first kappa shape index (κ1) is 16.5. The number of carbonyl (C=O) groups is 1. The van der Waals surface area contributed by atoms with E-state index < -0.39 is 6.10 Å². The summed E-state index contributed by atoms with van der Waals surface area (Å²) < 4.78 is 0. The smallest absolute Gasteiger partial charge is 0.150 e. The standard InChI is InChI=1S/C20H28O3/c1-11(2)13-9-12(10-21)15-14(16(13)22)17(23)18-19(3,4)7-6-8-20(15,18)5/h9-11,17-18,22-23H,6-8H2,1-5H3/t17-,18-,20+/m1/s1. The van der Waals surface area contributed by atoms with Crippen molar-refractivity contribution < 1.29 is 15.0 Å². The number of benzene rings is 1. The van der Waals surface area contributed by atoms with E-state index in [1.54, 1.807) is 0 Å². The van der Waals surface area contributed by atoms with E-state index in [1.807, 2.05) is 19.9 Å². The minimum Gasteiger partial charge on any atom is -0.507 e. The van der Waals surface area contributed by atoms with E-state index in [0.717, 1.165) is 36.7 Å². The van der Waals surface area contributed by atoms with E-state index in [-0.39, 0.29) is 28.4 Å². The van der Waals surface area contributed by atoms with Crippen LogP contribution < -0.4 is 0 Å². The van der Waals surface area contributed by atoms with Crippen LogP contribution in [0.25, 0.3) is 0 Å². The molecule has 0 bridgehead atoms. The number of rotatable bonds is 2. The van der Waals surface area contributed by atoms with Gasteiger partial charge in [-0.15, -0.1) is 0 Å². The van der Waals surface area contributed by atoms with Crippen molar-refractivity contribution in [1.82, 2.24) is 0 Å². The van der Waals surface area contributed by atoms with Crippen LogP contribution in [0.5, 0.6) is 5.75 Å². The van der Waals surface area contributed by atoms with Crippen molar-refractivity contribution in [2.75, 3.05) is 0 Å². The highest BCUT2D eigenvalue weighted by atomic mass is 16.3. The second-order valence-electron chi connectivity index (χ2n) is 8.65. The Balaban J connectivity index is 2.33. The molecule has 0 aromatic heterocycles. The molecule has 0 aliphatic heterocycles. The van der Waals surface area contributed by atoms with Crippen LogP contribution in [-0.4, -0.2) is 16.5 Å². The van der Waals surface area contributed by atoms with E-state index in [9.17, 15) is 15.0 Å². The molecule has 3 atom stereocenters. The monoisotopic (exact) mass is 316 g/mol. The molecule has 0 amide bonds. The van der Waals surface area contributed by atoms with Crippen LogP contribution in [0.3, 0.4) is 0 Å². The minimum atomic E-state index is -0.706. The molecule has 126 valence electrons. The van der Waals surface area contributed by atoms with Crippen molar-refractivity contribution in [2.45, 2.75) is 71.3 Å². The van der Waals surface area contributed by atoms with Gasteiger partial charge in [-0.2, -0.15) is 0 Å². The number of phenolic OH excluding ortho intramolecular Hbond substituents is 1. The number of aliphatic hydroxyl groups excluding tert-OH is 1. The maximum atomic E-state index is 11.8. The molecule has 2 N–H and O–H groups in total. The third-order valence-corrected chi connectivity index (χ3v) is 6.37. The lowest BCUT2D eigenvalue weighted by molar-refractivity contribution is -0.0278. The number of aromatic hydroxyl groups is 1. The lowest BCUT2D eigenvalue weighted by atomic mass is 9.56. The zero-order chi connectivity index (χ0) is 17.2. The number of fused-ring (bicyclic) bond motifs is 3. The van der Waals surface area contributed by atoms with E-state index in [1.165, 1.54) is 0 Å². The quantitative estimate of drug-likeness (QED) is 0.792. The Hall–Kier alpha value is -1.35. The van der Waals surface area contributed by atoms with Gasteiger partial charge in [-0.3, -0.25) is 4.79 Å². The lowest BCUT2D eigenvalue weighted by Crippen LogP contribution is -2.44. The number of aldehydes is 1. The molecular weight excluding hydrogens is 288 g/mol. The van der Waals surface area contributed by atoms with Crippen LogP contribution in [0.15, 0.2) is 6.07 Å². The first-order valence-corrected chi connectivity index (χ1v) is 8.68. The van der Waals surface area contributed by atoms with Gasteiger partial charge in [-0.05, 0) is 46.8 Å². The number of hydrogen-bond donors (Lipinski definition) is 2. The highest BCUT2D eigenvalue weighted by molar-refractivity contribution is 5.82. The van der Waals surface area contributed by atoms with Crippen molar-refractivity contribution in [2.24, 2.45) is 11.3 Å². The van der Waals surface area contributed by atoms with Crippen LogP contribution in [-0.2, 0) is 5.41 Å². The average molecular weight is 316 g/mol. The zero-order valence-electron chi connectivity index (χ0n) is 14.8. The molecule has 1 aromatic carbocycles. The van der Waals surface area contributed by atoms with E-state index in [4.69, 9.17) is 0 Å². The number of carbonyl (C=O) groups excluding carboxylic acids is 1. The number of aliphatic hydroxyl groups is 1. The van der Waals surface area contributed by atoms with Crippen LogP contribution in [0.4, 0.5) is 0 Å². The molecular formula is C20H28O3. The third kappa shape index (κ3) is 2.09. The summed E-state index contributed by atoms with van der Waals surface area (Å²) in [6.07, 6.45) is 3.28. The lowest BCUT2D eigenvalue weighted by Gasteiger charge is -2.48. The van der Waals surface area contributed by atoms with Gasteiger partial charge in [0.25, 0.3) is 0 Å². The van der Waals surface area contributed by atoms with Crippen molar-refractivity contribution in [1.29, 1.82) is 0 Å². The van der Waals surface area contributed by atoms with Crippen molar-refractivity contribution in [3.05, 3.63) is 28.3 Å². The molecule has 0 heterocycles. The summed E-state index contributed by atoms with van der Waals surface area (Å²) in [6, 6.07) is 1.83. The number of phenols is 1. The summed E-state index contributed by atoms with van der Waals surface area (Å²) in [7, 11) is 0. The first-order valence-electron chi connectivity index (χ1n) is 8.68. The van der Waals surface area contributed by atoms with Crippen molar-refractivity contribution in [3.63, 3.8) is 0 Å². The Morgan fingerprint density at radius 1 is 1.26 bits per heavy atom. The Bertz CT molecular complexity index is 659. The molecule has 3 heteroatoms. The maximum absolute atomic E-state index is 11.8. The topological polar surface area (TPSA) is 57.5 Å². The molecule has 0 radical (unpaired) electrons. The third-order valence-electron chi connectivity index (χ3n) is 6.37. The molecule has 23 heavy (non-hydrogen) atoms. The maximum Gasteiger partial charge on any atom is 0.150 e. The van der Waals surface area contributed by atoms with Crippen LogP contribution in [0.2, 0.25) is 0 Å². The van der Waals surface area contributed by atoms with Gasteiger partial charge in [0.1, 0.15) is 12.0 Å². The predicted molar refractivity (Wildman–Crippen MR) is 91.0 cm³/mol. The van der Waals surface area contributed by atoms with Gasteiger partial charge < -0.3 is 10.2 Å². The molecule has 0 spiro atoms. The highest BCUT2D eigenvalue weighted by Gasteiger charge is 2.58. The second-order valence-corrected chi connectivity index (χ2v) is 8.65. The van der Waals surface area contributed by atoms with Gasteiger partial charge in [0.2, 0.25) is 0 Å². The SMILES string of the molecule is CC(C)c1cc(C=O)c2c(c1O)[C@@H](O)[C@@H]1C(C)(C)CCC[C@@]21C. The fourth-order valence-electron chi connectivity index (χ4n) is 5.50. The van der Waals surface area contributed by atoms with Gasteiger partial charge in [0.15, 0.2) is 0 Å². The summed E-state index contributed by atoms with van der Waals surface area (Å²) in [4.78, 5) is 11.8. The number of hydrogen-bond acceptors (Lipinski definition) is 3. The zero-order valence-corrected chi connectivity index (χ0v) is 14.8. The normalized spacial score (nSPS) is 31.8. The van der Waals surface area contributed by atoms with E-state index in [0.29, 0.717) is 11.1 Å². The largest absolute Gasteiger partial charge is 0.507 e. The molecule has 1 aromatic rings. The molecule has 1 fully saturated rings. The average Bonchev–Trinajstić information content (AvgIpc) is 2.69. The van der Waals surface area contributed by atoms with Gasteiger partial charge in [0.05, 0.1) is 6.10 Å². The Kier molecular flexibility index (Phi) is 3.64. The van der Waals surface area contributed by atoms with E-state index in [2.05, 4.69) is 20.8 Å². The Morgan fingerprint density at radius 2 is 1.91 bits per heavy atom. The predicted octanol–water partition coefficient (Wildman–Crippen LogP) is 4.46. The minimum absolute atomic E-state index is 0.0178. The van der Waals surface area contributed by atoms with Crippen LogP contribution in [0, 0.1) is 11.3 Å². The molecule has 2 aliphatic carbocycles. The summed E-state index contributed by atoms with van der Waals surface area (Å²) >= 11 is 0. The molecule has 0 saturated heterocycles. The van der Waals surface area contributed by atoms with Crippen molar-refractivity contribution in [3.8, 4) is 5.75 Å². The van der Waals surface area contributed by atoms with Gasteiger partial charge in [0, 0.05) is 17.0 Å². The molecule has 0 unspecified atom stereocenters. The fourth-order valence-corrected chi connectivity index (χ4v) is 5.50. The fraction of sp³-hybridized carbons (Fsp3) is 0.650. The summed E-state index contributed by atoms with van der Waals surface area (Å²) in [5.41, 5.74) is 2.63. The molecule has 3 rings (SSSR count). The van der Waals surface area contributed by atoms with Gasteiger partial charge in [-0.1, -0.05) is 41.0 Å². The molecule has 2 aliphatic rings. The van der Waals surface area contributed by atoms with Crippen LogP contribution >= 0.6 is 0 Å². The summed E-state index contributed by atoms with van der Waals surface area (Å²) in [6.45, 7) is 10.6.